The highest BCUT2D eigenvalue weighted by molar-refractivity contribution is 5.87. The Kier molecular flexibility index (Phi) is 6.36. The molecule has 0 saturated heterocycles. The van der Waals surface area contributed by atoms with Gasteiger partial charge in [-0.15, -0.1) is 0 Å². The van der Waals surface area contributed by atoms with Crippen molar-refractivity contribution in [1.29, 1.82) is 0 Å². The molecule has 3 N–H and O–H groups in total. The molecule has 1 unspecified atom stereocenters. The molecule has 6 nitrogen and oxygen atoms in total. The van der Waals surface area contributed by atoms with Crippen LogP contribution in [0.1, 0.15) is 40.5 Å². The lowest BCUT2D eigenvalue weighted by atomic mass is 9.92. The second-order valence-electron chi connectivity index (χ2n) is 5.46. The van der Waals surface area contributed by atoms with Crippen molar-refractivity contribution in [2.45, 2.75) is 46.6 Å². The minimum Gasteiger partial charge on any atom is -0.481 e. The zero-order chi connectivity index (χ0) is 14.3. The summed E-state index contributed by atoms with van der Waals surface area (Å²) in [6, 6.07) is -0.659. The van der Waals surface area contributed by atoms with Gasteiger partial charge in [-0.05, 0) is 12.3 Å². The molecular formula is C12H22N2O4. The van der Waals surface area contributed by atoms with Crippen LogP contribution in [0.2, 0.25) is 0 Å². The largest absolute Gasteiger partial charge is 0.481 e. The average molecular weight is 258 g/mol. The van der Waals surface area contributed by atoms with Crippen molar-refractivity contribution < 1.29 is 19.5 Å². The van der Waals surface area contributed by atoms with Crippen LogP contribution in [0.25, 0.3) is 0 Å². The highest BCUT2D eigenvalue weighted by atomic mass is 16.4. The van der Waals surface area contributed by atoms with Crippen LogP contribution in [0.15, 0.2) is 0 Å². The average Bonchev–Trinajstić information content (AvgIpc) is 2.13. The van der Waals surface area contributed by atoms with E-state index in [0.717, 1.165) is 0 Å². The second kappa shape index (κ2) is 6.98. The van der Waals surface area contributed by atoms with Crippen molar-refractivity contribution in [2.75, 3.05) is 6.54 Å². The third-order valence-corrected chi connectivity index (χ3v) is 2.10. The van der Waals surface area contributed by atoms with Gasteiger partial charge in [0, 0.05) is 13.0 Å². The van der Waals surface area contributed by atoms with Gasteiger partial charge in [0.15, 0.2) is 0 Å². The molecule has 0 fully saturated rings. The van der Waals surface area contributed by atoms with E-state index in [1.54, 1.807) is 6.92 Å². The maximum Gasteiger partial charge on any atom is 0.305 e. The summed E-state index contributed by atoms with van der Waals surface area (Å²) in [5, 5.41) is 13.4. The number of hydrogen-bond donors (Lipinski definition) is 3. The number of hydrogen-bond acceptors (Lipinski definition) is 3. The second-order valence-corrected chi connectivity index (χ2v) is 5.46. The molecule has 0 aromatic rings. The maximum atomic E-state index is 11.6. The Morgan fingerprint density at radius 1 is 1.22 bits per heavy atom. The molecule has 6 heteroatoms. The van der Waals surface area contributed by atoms with E-state index < -0.39 is 12.0 Å². The van der Waals surface area contributed by atoms with Crippen LogP contribution < -0.4 is 10.6 Å². The molecule has 0 aliphatic rings. The van der Waals surface area contributed by atoms with Gasteiger partial charge in [0.1, 0.15) is 6.04 Å². The molecule has 104 valence electrons. The monoisotopic (exact) mass is 258 g/mol. The van der Waals surface area contributed by atoms with Crippen LogP contribution in [-0.2, 0) is 14.4 Å². The van der Waals surface area contributed by atoms with E-state index in [2.05, 4.69) is 10.6 Å². The Labute approximate surface area is 107 Å². The van der Waals surface area contributed by atoms with Crippen LogP contribution in [0.3, 0.4) is 0 Å². The van der Waals surface area contributed by atoms with Gasteiger partial charge < -0.3 is 15.7 Å². The number of aliphatic carboxylic acids is 1. The zero-order valence-corrected chi connectivity index (χ0v) is 11.4. The Balaban J connectivity index is 4.00. The Morgan fingerprint density at radius 2 is 1.78 bits per heavy atom. The first-order valence-electron chi connectivity index (χ1n) is 5.90. The summed E-state index contributed by atoms with van der Waals surface area (Å²) >= 11 is 0. The lowest BCUT2D eigenvalue weighted by Gasteiger charge is -2.19. The van der Waals surface area contributed by atoms with Crippen LogP contribution in [-0.4, -0.2) is 35.5 Å². The topological polar surface area (TPSA) is 95.5 Å². The molecule has 0 rings (SSSR count). The fourth-order valence-corrected chi connectivity index (χ4v) is 1.29. The predicted molar refractivity (Wildman–Crippen MR) is 66.9 cm³/mol. The van der Waals surface area contributed by atoms with Crippen molar-refractivity contribution in [3.8, 4) is 0 Å². The van der Waals surface area contributed by atoms with Crippen LogP contribution in [0, 0.1) is 5.41 Å². The number of carbonyl (C=O) groups excluding carboxylic acids is 2. The smallest absolute Gasteiger partial charge is 0.305 e. The number of carboxylic acids is 1. The summed E-state index contributed by atoms with van der Waals surface area (Å²) in [4.78, 5) is 33.3. The molecule has 0 aromatic heterocycles. The molecule has 0 heterocycles. The highest BCUT2D eigenvalue weighted by Gasteiger charge is 2.20. The van der Waals surface area contributed by atoms with E-state index in [0.29, 0.717) is 6.42 Å². The highest BCUT2D eigenvalue weighted by Crippen LogP contribution is 2.17. The molecule has 0 aromatic carbocycles. The minimum absolute atomic E-state index is 0.0631. The van der Waals surface area contributed by atoms with E-state index >= 15 is 0 Å². The zero-order valence-electron chi connectivity index (χ0n) is 11.4. The number of carbonyl (C=O) groups is 3. The summed E-state index contributed by atoms with van der Waals surface area (Å²) < 4.78 is 0. The lowest BCUT2D eigenvalue weighted by Crippen LogP contribution is -2.45. The number of nitrogens with one attached hydrogen (secondary N) is 2. The molecule has 0 saturated carbocycles. The van der Waals surface area contributed by atoms with Crippen LogP contribution >= 0.6 is 0 Å². The van der Waals surface area contributed by atoms with Crippen molar-refractivity contribution in [2.24, 2.45) is 5.41 Å². The Hall–Kier alpha value is -1.59. The van der Waals surface area contributed by atoms with Crippen LogP contribution in [0.4, 0.5) is 0 Å². The Bertz CT molecular complexity index is 321. The first kappa shape index (κ1) is 16.4. The van der Waals surface area contributed by atoms with Crippen molar-refractivity contribution >= 4 is 17.8 Å². The first-order valence-corrected chi connectivity index (χ1v) is 5.90. The van der Waals surface area contributed by atoms with Gasteiger partial charge in [-0.2, -0.15) is 0 Å². The van der Waals surface area contributed by atoms with E-state index in [-0.39, 0.29) is 30.2 Å². The van der Waals surface area contributed by atoms with Gasteiger partial charge in [-0.3, -0.25) is 14.4 Å². The predicted octanol–water partition coefficient (Wildman–Crippen LogP) is 0.518. The van der Waals surface area contributed by atoms with E-state index in [4.69, 9.17) is 5.11 Å². The third kappa shape index (κ3) is 8.55. The molecule has 1 atom stereocenters. The molecule has 0 aliphatic heterocycles. The first-order chi connectivity index (χ1) is 8.11. The Morgan fingerprint density at radius 3 is 2.22 bits per heavy atom. The minimum atomic E-state index is -0.972. The van der Waals surface area contributed by atoms with Gasteiger partial charge in [0.25, 0.3) is 0 Å². The fourth-order valence-electron chi connectivity index (χ4n) is 1.29. The third-order valence-electron chi connectivity index (χ3n) is 2.10. The van der Waals surface area contributed by atoms with Gasteiger partial charge >= 0.3 is 5.97 Å². The summed E-state index contributed by atoms with van der Waals surface area (Å²) in [7, 11) is 0. The molecule has 0 radical (unpaired) electrons. The SMILES string of the molecule is CC(NC(=O)CC(C)(C)C)C(=O)NCCC(=O)O. The molecule has 0 spiro atoms. The molecule has 2 amide bonds. The van der Waals surface area contributed by atoms with Crippen LogP contribution in [0.5, 0.6) is 0 Å². The lowest BCUT2D eigenvalue weighted by molar-refractivity contribution is -0.137. The van der Waals surface area contributed by atoms with E-state index in [9.17, 15) is 14.4 Å². The van der Waals surface area contributed by atoms with Crippen molar-refractivity contribution in [3.63, 3.8) is 0 Å². The molecule has 0 aliphatic carbocycles. The maximum absolute atomic E-state index is 11.6. The summed E-state index contributed by atoms with van der Waals surface area (Å²) in [5.41, 5.74) is -0.135. The normalized spacial score (nSPS) is 12.7. The van der Waals surface area contributed by atoms with E-state index in [1.807, 2.05) is 20.8 Å². The molecule has 0 bridgehead atoms. The van der Waals surface area contributed by atoms with E-state index in [1.165, 1.54) is 0 Å². The van der Waals surface area contributed by atoms with Gasteiger partial charge in [-0.25, -0.2) is 0 Å². The fraction of sp³-hybridized carbons (Fsp3) is 0.750. The van der Waals surface area contributed by atoms with Gasteiger partial charge in [0.05, 0.1) is 6.42 Å². The van der Waals surface area contributed by atoms with Crippen molar-refractivity contribution in [3.05, 3.63) is 0 Å². The summed E-state index contributed by atoms with van der Waals surface area (Å²) in [6.07, 6.45) is 0.203. The molecule has 18 heavy (non-hydrogen) atoms. The standard InChI is InChI=1S/C12H22N2O4/c1-8(11(18)13-6-5-10(16)17)14-9(15)7-12(2,3)4/h8H,5-7H2,1-4H3,(H,13,18)(H,14,15)(H,16,17). The number of carboxylic acid groups (broad SMARTS) is 1. The quantitative estimate of drug-likeness (QED) is 0.647. The van der Waals surface area contributed by atoms with Crippen molar-refractivity contribution in [1.82, 2.24) is 10.6 Å². The number of amides is 2. The molecular weight excluding hydrogens is 236 g/mol. The van der Waals surface area contributed by atoms with Gasteiger partial charge in [-0.1, -0.05) is 20.8 Å². The number of rotatable bonds is 6. The summed E-state index contributed by atoms with van der Waals surface area (Å²) in [5.74, 6) is -1.54. The summed E-state index contributed by atoms with van der Waals surface area (Å²) in [6.45, 7) is 7.43. The van der Waals surface area contributed by atoms with Gasteiger partial charge in [0.2, 0.25) is 11.8 Å².